The van der Waals surface area contributed by atoms with E-state index >= 15 is 0 Å². The molecule has 0 atom stereocenters. The van der Waals surface area contributed by atoms with E-state index in [0.29, 0.717) is 13.0 Å². The monoisotopic (exact) mass is 235 g/mol. The van der Waals surface area contributed by atoms with E-state index in [2.05, 4.69) is 4.98 Å². The minimum atomic E-state index is -0.445. The fourth-order valence-corrected chi connectivity index (χ4v) is 1.49. The van der Waals surface area contributed by atoms with Crippen molar-refractivity contribution in [3.8, 4) is 0 Å². The van der Waals surface area contributed by atoms with Crippen molar-refractivity contribution in [1.82, 2.24) is 9.88 Å². The second-order valence-corrected chi connectivity index (χ2v) is 5.09. The Balaban J connectivity index is 2.40. The topological polar surface area (TPSA) is 59.2 Å². The summed E-state index contributed by atoms with van der Waals surface area (Å²) in [5, 5.41) is 0. The summed E-state index contributed by atoms with van der Waals surface area (Å²) in [5.74, 6) is 0.0846. The highest BCUT2D eigenvalue weighted by atomic mass is 16.2. The average Bonchev–Trinajstić information content (AvgIpc) is 2.25. The summed E-state index contributed by atoms with van der Waals surface area (Å²) < 4.78 is 0. The molecule has 1 amide bonds. The molecular weight excluding hydrogens is 214 g/mol. The summed E-state index contributed by atoms with van der Waals surface area (Å²) in [7, 11) is 1.81. The number of carbonyl (C=O) groups excluding carboxylic acids is 1. The van der Waals surface area contributed by atoms with Crippen LogP contribution < -0.4 is 5.73 Å². The highest BCUT2D eigenvalue weighted by Gasteiger charge is 2.18. The number of rotatable bonds is 5. The van der Waals surface area contributed by atoms with Gasteiger partial charge in [0.1, 0.15) is 0 Å². The molecule has 0 radical (unpaired) electrons. The van der Waals surface area contributed by atoms with Crippen LogP contribution in [0.4, 0.5) is 0 Å². The Kier molecular flexibility index (Phi) is 4.63. The lowest BCUT2D eigenvalue weighted by Crippen LogP contribution is -2.40. The molecule has 0 aliphatic rings. The Bertz CT molecular complexity index is 357. The van der Waals surface area contributed by atoms with Gasteiger partial charge in [-0.15, -0.1) is 0 Å². The lowest BCUT2D eigenvalue weighted by molar-refractivity contribution is -0.130. The van der Waals surface area contributed by atoms with Gasteiger partial charge in [-0.25, -0.2) is 0 Å². The third-order valence-electron chi connectivity index (χ3n) is 2.49. The van der Waals surface area contributed by atoms with Crippen LogP contribution in [0, 0.1) is 0 Å². The van der Waals surface area contributed by atoms with Crippen molar-refractivity contribution in [1.29, 1.82) is 0 Å². The molecular formula is C13H21N3O. The Morgan fingerprint density at radius 2 is 2.24 bits per heavy atom. The summed E-state index contributed by atoms with van der Waals surface area (Å²) in [6.07, 6.45) is 4.76. The first-order valence-corrected chi connectivity index (χ1v) is 5.80. The zero-order valence-electron chi connectivity index (χ0n) is 10.8. The quantitative estimate of drug-likeness (QED) is 0.834. The molecule has 0 aliphatic heterocycles. The zero-order chi connectivity index (χ0) is 12.9. The van der Waals surface area contributed by atoms with E-state index in [1.54, 1.807) is 11.1 Å². The molecule has 0 aromatic carbocycles. The maximum atomic E-state index is 11.8. The molecule has 0 aliphatic carbocycles. The molecule has 1 heterocycles. The van der Waals surface area contributed by atoms with Gasteiger partial charge in [0.05, 0.1) is 0 Å². The highest BCUT2D eigenvalue weighted by Crippen LogP contribution is 2.07. The van der Waals surface area contributed by atoms with Crippen LogP contribution >= 0.6 is 0 Å². The summed E-state index contributed by atoms with van der Waals surface area (Å²) in [5.41, 5.74) is 6.52. The van der Waals surface area contributed by atoms with Gasteiger partial charge in [-0.1, -0.05) is 6.07 Å². The maximum Gasteiger partial charge on any atom is 0.224 e. The largest absolute Gasteiger partial charge is 0.345 e. The molecule has 0 saturated heterocycles. The second kappa shape index (κ2) is 5.77. The second-order valence-electron chi connectivity index (χ2n) is 5.09. The van der Waals surface area contributed by atoms with Gasteiger partial charge >= 0.3 is 0 Å². The van der Waals surface area contributed by atoms with Crippen molar-refractivity contribution in [3.05, 3.63) is 30.1 Å². The fourth-order valence-electron chi connectivity index (χ4n) is 1.49. The molecule has 2 N–H and O–H groups in total. The number of carbonyl (C=O) groups is 1. The van der Waals surface area contributed by atoms with Crippen LogP contribution in [0.2, 0.25) is 0 Å². The van der Waals surface area contributed by atoms with Crippen LogP contribution in [0.15, 0.2) is 24.5 Å². The van der Waals surface area contributed by atoms with Crippen molar-refractivity contribution in [2.75, 3.05) is 13.6 Å². The third-order valence-corrected chi connectivity index (χ3v) is 2.49. The van der Waals surface area contributed by atoms with Crippen molar-refractivity contribution in [2.45, 2.75) is 32.2 Å². The fraction of sp³-hybridized carbons (Fsp3) is 0.538. The minimum Gasteiger partial charge on any atom is -0.345 e. The van der Waals surface area contributed by atoms with E-state index in [1.165, 1.54) is 0 Å². The van der Waals surface area contributed by atoms with Crippen LogP contribution in [0.1, 0.15) is 25.8 Å². The number of pyridine rings is 1. The first kappa shape index (κ1) is 13.6. The van der Waals surface area contributed by atoms with Crippen molar-refractivity contribution in [3.63, 3.8) is 0 Å². The Morgan fingerprint density at radius 1 is 1.53 bits per heavy atom. The van der Waals surface area contributed by atoms with Gasteiger partial charge < -0.3 is 10.6 Å². The van der Waals surface area contributed by atoms with Crippen LogP contribution in [-0.4, -0.2) is 34.9 Å². The van der Waals surface area contributed by atoms with E-state index in [1.807, 2.05) is 39.2 Å². The van der Waals surface area contributed by atoms with Gasteiger partial charge in [-0.3, -0.25) is 9.78 Å². The molecule has 4 nitrogen and oxygen atoms in total. The van der Waals surface area contributed by atoms with Crippen LogP contribution in [-0.2, 0) is 11.2 Å². The number of hydrogen-bond acceptors (Lipinski definition) is 3. The standard InChI is InChI=1S/C13H21N3O/c1-13(2,14)9-12(17)16(3)8-6-11-5-4-7-15-10-11/h4-5,7,10H,6,8-9,14H2,1-3H3. The number of amides is 1. The van der Waals surface area contributed by atoms with Gasteiger partial charge in [0.2, 0.25) is 5.91 Å². The van der Waals surface area contributed by atoms with Gasteiger partial charge in [0.25, 0.3) is 0 Å². The average molecular weight is 235 g/mol. The number of nitrogens with two attached hydrogens (primary N) is 1. The highest BCUT2D eigenvalue weighted by molar-refractivity contribution is 5.77. The third kappa shape index (κ3) is 5.45. The van der Waals surface area contributed by atoms with E-state index in [0.717, 1.165) is 12.0 Å². The van der Waals surface area contributed by atoms with Gasteiger partial charge in [-0.2, -0.15) is 0 Å². The molecule has 0 saturated carbocycles. The molecule has 0 fully saturated rings. The summed E-state index contributed by atoms with van der Waals surface area (Å²) in [6.45, 7) is 4.42. The maximum absolute atomic E-state index is 11.8. The zero-order valence-corrected chi connectivity index (χ0v) is 10.8. The minimum absolute atomic E-state index is 0.0846. The van der Waals surface area contributed by atoms with Crippen LogP contribution in [0.5, 0.6) is 0 Å². The first-order chi connectivity index (χ1) is 7.88. The van der Waals surface area contributed by atoms with E-state index < -0.39 is 5.54 Å². The smallest absolute Gasteiger partial charge is 0.224 e. The molecule has 0 bridgehead atoms. The van der Waals surface area contributed by atoms with E-state index in [-0.39, 0.29) is 5.91 Å². The number of aromatic nitrogens is 1. The molecule has 4 heteroatoms. The summed E-state index contributed by atoms with van der Waals surface area (Å²) in [6, 6.07) is 3.92. The van der Waals surface area contributed by atoms with Crippen LogP contribution in [0.3, 0.4) is 0 Å². The molecule has 1 rings (SSSR count). The Morgan fingerprint density at radius 3 is 2.76 bits per heavy atom. The number of hydrogen-bond donors (Lipinski definition) is 1. The normalized spacial score (nSPS) is 11.3. The van der Waals surface area contributed by atoms with Gasteiger partial charge in [0.15, 0.2) is 0 Å². The number of likely N-dealkylation sites (N-methyl/N-ethyl adjacent to an activating group) is 1. The molecule has 0 spiro atoms. The lowest BCUT2D eigenvalue weighted by Gasteiger charge is -2.23. The molecule has 0 unspecified atom stereocenters. The van der Waals surface area contributed by atoms with Crippen LogP contribution in [0.25, 0.3) is 0 Å². The predicted octanol–water partition coefficient (Wildman–Crippen LogP) is 1.21. The van der Waals surface area contributed by atoms with E-state index in [9.17, 15) is 4.79 Å². The molecule has 1 aromatic heterocycles. The molecule has 94 valence electrons. The Hall–Kier alpha value is -1.42. The molecule has 1 aromatic rings. The SMILES string of the molecule is CN(CCc1cccnc1)C(=O)CC(C)(C)N. The number of nitrogens with zero attached hydrogens (tertiary/aromatic N) is 2. The summed E-state index contributed by atoms with van der Waals surface area (Å²) in [4.78, 5) is 17.6. The summed E-state index contributed by atoms with van der Waals surface area (Å²) >= 11 is 0. The van der Waals surface area contributed by atoms with E-state index in [4.69, 9.17) is 5.73 Å². The van der Waals surface area contributed by atoms with Crippen molar-refractivity contribution >= 4 is 5.91 Å². The van der Waals surface area contributed by atoms with Gasteiger partial charge in [-0.05, 0) is 31.9 Å². The van der Waals surface area contributed by atoms with Crippen molar-refractivity contribution < 1.29 is 4.79 Å². The van der Waals surface area contributed by atoms with Gasteiger partial charge in [0, 0.05) is 37.9 Å². The van der Waals surface area contributed by atoms with Crippen molar-refractivity contribution in [2.24, 2.45) is 5.73 Å². The first-order valence-electron chi connectivity index (χ1n) is 5.80. The predicted molar refractivity (Wildman–Crippen MR) is 68.5 cm³/mol. The molecule has 17 heavy (non-hydrogen) atoms. The lowest BCUT2D eigenvalue weighted by atomic mass is 10.0. The Labute approximate surface area is 103 Å².